The minimum Gasteiger partial charge on any atom is -0.316 e. The van der Waals surface area contributed by atoms with E-state index in [9.17, 15) is 8.42 Å². The molecule has 1 unspecified atom stereocenters. The van der Waals surface area contributed by atoms with Gasteiger partial charge in [-0.05, 0) is 38.3 Å². The summed E-state index contributed by atoms with van der Waals surface area (Å²) in [6.45, 7) is 2.87. The third-order valence-corrected chi connectivity index (χ3v) is 3.29. The molecule has 0 aliphatic carbocycles. The summed E-state index contributed by atoms with van der Waals surface area (Å²) in [7, 11) is -2.99. The van der Waals surface area contributed by atoms with Gasteiger partial charge < -0.3 is 5.32 Å². The minimum atomic E-state index is -2.99. The van der Waals surface area contributed by atoms with Gasteiger partial charge in [-0.25, -0.2) is 13.1 Å². The Hall–Kier alpha value is -0.130. The first kappa shape index (κ1) is 11.9. The van der Waals surface area contributed by atoms with Crippen molar-refractivity contribution in [3.05, 3.63) is 0 Å². The molecular formula is C9H20N2O2S. The Kier molecular flexibility index (Phi) is 4.84. The lowest BCUT2D eigenvalue weighted by atomic mass is 10.0. The van der Waals surface area contributed by atoms with Crippen LogP contribution in [0.1, 0.15) is 25.7 Å². The molecule has 0 aromatic rings. The third-order valence-electron chi connectivity index (χ3n) is 2.57. The highest BCUT2D eigenvalue weighted by Gasteiger charge is 2.13. The molecule has 1 fully saturated rings. The van der Waals surface area contributed by atoms with Crippen LogP contribution in [0.5, 0.6) is 0 Å². The van der Waals surface area contributed by atoms with Crippen molar-refractivity contribution in [2.75, 3.05) is 25.9 Å². The van der Waals surface area contributed by atoms with Gasteiger partial charge in [0.25, 0.3) is 0 Å². The fraction of sp³-hybridized carbons (Fsp3) is 1.00. The van der Waals surface area contributed by atoms with Crippen molar-refractivity contribution in [3.8, 4) is 0 Å². The van der Waals surface area contributed by atoms with Gasteiger partial charge in [-0.3, -0.25) is 0 Å². The van der Waals surface area contributed by atoms with Crippen LogP contribution >= 0.6 is 0 Å². The number of rotatable bonds is 6. The summed E-state index contributed by atoms with van der Waals surface area (Å²) in [6, 6.07) is 0. The van der Waals surface area contributed by atoms with Crippen LogP contribution in [0.3, 0.4) is 0 Å². The van der Waals surface area contributed by atoms with Gasteiger partial charge in [0.05, 0.1) is 6.26 Å². The van der Waals surface area contributed by atoms with Gasteiger partial charge in [0.15, 0.2) is 0 Å². The van der Waals surface area contributed by atoms with Crippen molar-refractivity contribution >= 4 is 10.0 Å². The van der Waals surface area contributed by atoms with Gasteiger partial charge in [0.1, 0.15) is 0 Å². The van der Waals surface area contributed by atoms with E-state index in [4.69, 9.17) is 0 Å². The predicted molar refractivity (Wildman–Crippen MR) is 57.7 cm³/mol. The second-order valence-corrected chi connectivity index (χ2v) is 5.85. The van der Waals surface area contributed by atoms with E-state index in [1.807, 2.05) is 0 Å². The van der Waals surface area contributed by atoms with Crippen molar-refractivity contribution in [3.63, 3.8) is 0 Å². The van der Waals surface area contributed by atoms with Crippen molar-refractivity contribution in [2.24, 2.45) is 5.92 Å². The van der Waals surface area contributed by atoms with Crippen molar-refractivity contribution in [1.29, 1.82) is 0 Å². The lowest BCUT2D eigenvalue weighted by Gasteiger charge is -2.07. The zero-order chi connectivity index (χ0) is 10.4. The normalized spacial score (nSPS) is 22.8. The smallest absolute Gasteiger partial charge is 0.208 e. The fourth-order valence-corrected chi connectivity index (χ4v) is 2.29. The number of hydrogen-bond acceptors (Lipinski definition) is 3. The van der Waals surface area contributed by atoms with Crippen LogP contribution in [-0.2, 0) is 10.0 Å². The Balaban J connectivity index is 1.94. The van der Waals surface area contributed by atoms with Crippen molar-refractivity contribution in [2.45, 2.75) is 25.7 Å². The summed E-state index contributed by atoms with van der Waals surface area (Å²) in [5.74, 6) is 0.813. The topological polar surface area (TPSA) is 58.2 Å². The molecule has 0 bridgehead atoms. The van der Waals surface area contributed by atoms with Crippen molar-refractivity contribution < 1.29 is 8.42 Å². The van der Waals surface area contributed by atoms with Crippen LogP contribution in [0.4, 0.5) is 0 Å². The first-order valence-electron chi connectivity index (χ1n) is 5.23. The van der Waals surface area contributed by atoms with Crippen LogP contribution in [0, 0.1) is 5.92 Å². The minimum absolute atomic E-state index is 0.582. The Labute approximate surface area is 86.5 Å². The average Bonchev–Trinajstić information content (AvgIpc) is 2.54. The van der Waals surface area contributed by atoms with Gasteiger partial charge in [0.2, 0.25) is 10.0 Å². The van der Waals surface area contributed by atoms with E-state index >= 15 is 0 Å². The number of unbranched alkanes of at least 4 members (excludes halogenated alkanes) is 1. The number of sulfonamides is 1. The van der Waals surface area contributed by atoms with Gasteiger partial charge in [-0.2, -0.15) is 0 Å². The van der Waals surface area contributed by atoms with Crippen LogP contribution in [0.2, 0.25) is 0 Å². The Morgan fingerprint density at radius 1 is 1.43 bits per heavy atom. The maximum atomic E-state index is 10.7. The molecule has 1 aliphatic rings. The SMILES string of the molecule is CS(=O)(=O)NCCCCC1CCNC1. The molecule has 2 N–H and O–H groups in total. The second-order valence-electron chi connectivity index (χ2n) is 4.02. The standard InChI is InChI=1S/C9H20N2O2S/c1-14(12,13)11-6-3-2-4-9-5-7-10-8-9/h9-11H,2-8H2,1H3. The molecule has 0 amide bonds. The average molecular weight is 220 g/mol. The fourth-order valence-electron chi connectivity index (χ4n) is 1.78. The second kappa shape index (κ2) is 5.68. The first-order valence-corrected chi connectivity index (χ1v) is 7.12. The molecule has 84 valence electrons. The molecular weight excluding hydrogens is 200 g/mol. The quantitative estimate of drug-likeness (QED) is 0.634. The number of hydrogen-bond donors (Lipinski definition) is 2. The molecule has 14 heavy (non-hydrogen) atoms. The Morgan fingerprint density at radius 3 is 2.79 bits per heavy atom. The van der Waals surface area contributed by atoms with Gasteiger partial charge in [-0.1, -0.05) is 6.42 Å². The molecule has 0 radical (unpaired) electrons. The lowest BCUT2D eigenvalue weighted by molar-refractivity contribution is 0.495. The molecule has 0 aromatic heterocycles. The van der Waals surface area contributed by atoms with Crippen molar-refractivity contribution in [1.82, 2.24) is 10.0 Å². The predicted octanol–water partition coefficient (Wildman–Crippen LogP) is 0.315. The zero-order valence-electron chi connectivity index (χ0n) is 8.75. The molecule has 5 heteroatoms. The summed E-state index contributed by atoms with van der Waals surface area (Å²) >= 11 is 0. The Morgan fingerprint density at radius 2 is 2.21 bits per heavy atom. The molecule has 0 saturated carbocycles. The maximum absolute atomic E-state index is 10.7. The van der Waals surface area contributed by atoms with Gasteiger partial charge in [-0.15, -0.1) is 0 Å². The van der Waals surface area contributed by atoms with E-state index in [2.05, 4.69) is 10.0 Å². The molecule has 1 saturated heterocycles. The molecule has 0 spiro atoms. The highest BCUT2D eigenvalue weighted by molar-refractivity contribution is 7.88. The van der Waals surface area contributed by atoms with E-state index < -0.39 is 10.0 Å². The van der Waals surface area contributed by atoms with E-state index in [1.54, 1.807) is 0 Å². The first-order chi connectivity index (χ1) is 6.58. The summed E-state index contributed by atoms with van der Waals surface area (Å²) in [4.78, 5) is 0. The molecule has 1 aliphatic heterocycles. The van der Waals surface area contributed by atoms with E-state index in [1.165, 1.54) is 19.1 Å². The lowest BCUT2D eigenvalue weighted by Crippen LogP contribution is -2.23. The summed E-state index contributed by atoms with van der Waals surface area (Å²) in [5, 5.41) is 3.33. The maximum Gasteiger partial charge on any atom is 0.208 e. The third kappa shape index (κ3) is 5.57. The largest absolute Gasteiger partial charge is 0.316 e. The summed E-state index contributed by atoms with van der Waals surface area (Å²) < 4.78 is 24.0. The summed E-state index contributed by atoms with van der Waals surface area (Å²) in [6.07, 6.45) is 5.77. The Bertz CT molecular complexity index is 246. The number of nitrogens with one attached hydrogen (secondary N) is 2. The summed E-state index contributed by atoms with van der Waals surface area (Å²) in [5.41, 5.74) is 0. The van der Waals surface area contributed by atoms with E-state index in [0.29, 0.717) is 6.54 Å². The highest BCUT2D eigenvalue weighted by Crippen LogP contribution is 2.14. The van der Waals surface area contributed by atoms with Gasteiger partial charge in [0, 0.05) is 6.54 Å². The van der Waals surface area contributed by atoms with Crippen LogP contribution in [-0.4, -0.2) is 34.3 Å². The molecule has 1 atom stereocenters. The molecule has 4 nitrogen and oxygen atoms in total. The van der Waals surface area contributed by atoms with Crippen LogP contribution in [0.25, 0.3) is 0 Å². The molecule has 1 rings (SSSR count). The zero-order valence-corrected chi connectivity index (χ0v) is 9.57. The van der Waals surface area contributed by atoms with E-state index in [0.717, 1.165) is 31.8 Å². The van der Waals surface area contributed by atoms with Crippen LogP contribution in [0.15, 0.2) is 0 Å². The van der Waals surface area contributed by atoms with Gasteiger partial charge >= 0.3 is 0 Å². The van der Waals surface area contributed by atoms with Crippen LogP contribution < -0.4 is 10.0 Å². The monoisotopic (exact) mass is 220 g/mol. The highest BCUT2D eigenvalue weighted by atomic mass is 32.2. The molecule has 1 heterocycles. The van der Waals surface area contributed by atoms with E-state index in [-0.39, 0.29) is 0 Å². The molecule has 0 aromatic carbocycles.